The highest BCUT2D eigenvalue weighted by Gasteiger charge is 2.30. The van der Waals surface area contributed by atoms with E-state index in [-0.39, 0.29) is 25.0 Å². The predicted octanol–water partition coefficient (Wildman–Crippen LogP) is 3.69. The smallest absolute Gasteiger partial charge is 0.231 e. The van der Waals surface area contributed by atoms with Crippen LogP contribution in [-0.2, 0) is 10.5 Å². The summed E-state index contributed by atoms with van der Waals surface area (Å²) in [5, 5.41) is 13.2. The van der Waals surface area contributed by atoms with Gasteiger partial charge >= 0.3 is 0 Å². The Morgan fingerprint density at radius 3 is 2.77 bits per heavy atom. The molecule has 0 unspecified atom stereocenters. The molecule has 0 radical (unpaired) electrons. The van der Waals surface area contributed by atoms with Crippen LogP contribution in [0.15, 0.2) is 59.1 Å². The Bertz CT molecular complexity index is 918. The molecular formula is C20H16N2O3S. The summed E-state index contributed by atoms with van der Waals surface area (Å²) >= 11 is 1.48. The first-order chi connectivity index (χ1) is 12.7. The second-order valence-corrected chi connectivity index (χ2v) is 7.03. The standard InChI is InChI=1S/C20H16N2O3S/c21-10-16-15(14-6-7-17-18(8-14)25-12-24-17)9-19(23)22-20(16)26-11-13-4-2-1-3-5-13/h1-8,15H,9,11-12H2,(H,22,23)/t15-/m1/s1. The number of hydrogen-bond acceptors (Lipinski definition) is 5. The van der Waals surface area contributed by atoms with Crippen molar-refractivity contribution in [1.29, 1.82) is 5.26 Å². The van der Waals surface area contributed by atoms with Crippen LogP contribution >= 0.6 is 11.8 Å². The minimum atomic E-state index is -0.276. The Hall–Kier alpha value is -2.91. The van der Waals surface area contributed by atoms with E-state index in [0.29, 0.717) is 27.9 Å². The highest BCUT2D eigenvalue weighted by atomic mass is 32.2. The number of allylic oxidation sites excluding steroid dienone is 1. The minimum Gasteiger partial charge on any atom is -0.454 e. The molecule has 0 saturated heterocycles. The fourth-order valence-corrected chi connectivity index (χ4v) is 4.11. The van der Waals surface area contributed by atoms with Gasteiger partial charge in [-0.05, 0) is 23.3 Å². The lowest BCUT2D eigenvalue weighted by Gasteiger charge is -2.25. The van der Waals surface area contributed by atoms with E-state index in [1.807, 2.05) is 48.5 Å². The van der Waals surface area contributed by atoms with E-state index < -0.39 is 0 Å². The topological polar surface area (TPSA) is 71.4 Å². The van der Waals surface area contributed by atoms with Gasteiger partial charge in [0.25, 0.3) is 0 Å². The summed E-state index contributed by atoms with van der Waals surface area (Å²) in [4.78, 5) is 12.2. The molecule has 2 heterocycles. The molecule has 5 nitrogen and oxygen atoms in total. The van der Waals surface area contributed by atoms with E-state index in [1.165, 1.54) is 11.8 Å². The zero-order valence-electron chi connectivity index (χ0n) is 13.9. The average Bonchev–Trinajstić information content (AvgIpc) is 3.14. The van der Waals surface area contributed by atoms with Crippen LogP contribution < -0.4 is 14.8 Å². The van der Waals surface area contributed by atoms with E-state index in [9.17, 15) is 10.1 Å². The van der Waals surface area contributed by atoms with E-state index in [2.05, 4.69) is 11.4 Å². The predicted molar refractivity (Wildman–Crippen MR) is 98.4 cm³/mol. The number of carbonyl (C=O) groups is 1. The number of nitrogens with zero attached hydrogens (tertiary/aromatic N) is 1. The van der Waals surface area contributed by atoms with Gasteiger partial charge in [-0.15, -0.1) is 11.8 Å². The Morgan fingerprint density at radius 1 is 1.15 bits per heavy atom. The fraction of sp³-hybridized carbons (Fsp3) is 0.200. The van der Waals surface area contributed by atoms with Crippen LogP contribution in [0.25, 0.3) is 0 Å². The summed E-state index contributed by atoms with van der Waals surface area (Å²) in [6.07, 6.45) is 0.248. The number of nitriles is 1. The normalized spacial score (nSPS) is 18.4. The van der Waals surface area contributed by atoms with Crippen molar-refractivity contribution in [2.75, 3.05) is 6.79 Å². The third kappa shape index (κ3) is 3.26. The van der Waals surface area contributed by atoms with Crippen molar-refractivity contribution in [2.24, 2.45) is 0 Å². The zero-order valence-corrected chi connectivity index (χ0v) is 14.7. The van der Waals surface area contributed by atoms with Gasteiger partial charge in [0.15, 0.2) is 11.5 Å². The van der Waals surface area contributed by atoms with Crippen molar-refractivity contribution < 1.29 is 14.3 Å². The number of carbonyl (C=O) groups excluding carboxylic acids is 1. The van der Waals surface area contributed by atoms with Gasteiger partial charge < -0.3 is 14.8 Å². The van der Waals surface area contributed by atoms with Crippen LogP contribution in [-0.4, -0.2) is 12.7 Å². The van der Waals surface area contributed by atoms with E-state index >= 15 is 0 Å². The summed E-state index contributed by atoms with van der Waals surface area (Å²) in [5.41, 5.74) is 2.62. The van der Waals surface area contributed by atoms with Crippen LogP contribution in [0.5, 0.6) is 11.5 Å². The third-order valence-electron chi connectivity index (χ3n) is 4.38. The highest BCUT2D eigenvalue weighted by molar-refractivity contribution is 8.02. The van der Waals surface area contributed by atoms with Crippen molar-refractivity contribution in [3.8, 4) is 17.6 Å². The number of rotatable bonds is 4. The largest absolute Gasteiger partial charge is 0.454 e. The molecule has 0 saturated carbocycles. The molecule has 1 atom stereocenters. The third-order valence-corrected chi connectivity index (χ3v) is 5.47. The highest BCUT2D eigenvalue weighted by Crippen LogP contribution is 2.41. The molecule has 26 heavy (non-hydrogen) atoms. The molecular weight excluding hydrogens is 348 g/mol. The summed E-state index contributed by atoms with van der Waals surface area (Å²) in [6.45, 7) is 0.197. The Balaban J connectivity index is 1.63. The summed E-state index contributed by atoms with van der Waals surface area (Å²) < 4.78 is 10.8. The maximum Gasteiger partial charge on any atom is 0.231 e. The van der Waals surface area contributed by atoms with E-state index in [4.69, 9.17) is 9.47 Å². The molecule has 0 aliphatic carbocycles. The molecule has 2 aliphatic rings. The van der Waals surface area contributed by atoms with Crippen molar-refractivity contribution in [3.05, 3.63) is 70.3 Å². The van der Waals surface area contributed by atoms with Crippen LogP contribution in [0.3, 0.4) is 0 Å². The Labute approximate surface area is 155 Å². The molecule has 0 bridgehead atoms. The summed E-state index contributed by atoms with van der Waals surface area (Å²) in [7, 11) is 0. The van der Waals surface area contributed by atoms with Gasteiger partial charge in [-0.25, -0.2) is 0 Å². The molecule has 130 valence electrons. The van der Waals surface area contributed by atoms with Gasteiger partial charge in [0.2, 0.25) is 12.7 Å². The second kappa shape index (κ2) is 7.14. The molecule has 4 rings (SSSR count). The first kappa shape index (κ1) is 16.6. The molecule has 2 aromatic carbocycles. The number of fused-ring (bicyclic) bond motifs is 1. The SMILES string of the molecule is N#CC1=C(SCc2ccccc2)NC(=O)C[C@@H]1c1ccc2c(c1)OCO2. The van der Waals surface area contributed by atoms with Crippen molar-refractivity contribution in [3.63, 3.8) is 0 Å². The van der Waals surface area contributed by atoms with Gasteiger partial charge in [-0.2, -0.15) is 5.26 Å². The number of hydrogen-bond donors (Lipinski definition) is 1. The Kier molecular flexibility index (Phi) is 4.55. The minimum absolute atomic E-state index is 0.0813. The van der Waals surface area contributed by atoms with Crippen molar-refractivity contribution in [2.45, 2.75) is 18.1 Å². The zero-order chi connectivity index (χ0) is 17.9. The van der Waals surface area contributed by atoms with Crippen LogP contribution in [0.2, 0.25) is 0 Å². The van der Waals surface area contributed by atoms with Gasteiger partial charge in [-0.1, -0.05) is 36.4 Å². The fourth-order valence-electron chi connectivity index (χ4n) is 3.08. The molecule has 0 aromatic heterocycles. The number of benzene rings is 2. The maximum absolute atomic E-state index is 12.2. The van der Waals surface area contributed by atoms with E-state index in [0.717, 1.165) is 11.1 Å². The molecule has 0 spiro atoms. The van der Waals surface area contributed by atoms with Gasteiger partial charge in [0.05, 0.1) is 16.7 Å². The van der Waals surface area contributed by atoms with Gasteiger partial charge in [-0.3, -0.25) is 4.79 Å². The quantitative estimate of drug-likeness (QED) is 0.896. The first-order valence-electron chi connectivity index (χ1n) is 8.25. The lowest BCUT2D eigenvalue weighted by atomic mass is 9.87. The van der Waals surface area contributed by atoms with Crippen LogP contribution in [0.1, 0.15) is 23.5 Å². The van der Waals surface area contributed by atoms with Crippen molar-refractivity contribution in [1.82, 2.24) is 5.32 Å². The number of nitrogens with one attached hydrogen (secondary N) is 1. The number of amides is 1. The molecule has 6 heteroatoms. The lowest BCUT2D eigenvalue weighted by Crippen LogP contribution is -2.30. The molecule has 1 amide bonds. The molecule has 0 fully saturated rings. The Morgan fingerprint density at radius 2 is 1.96 bits per heavy atom. The average molecular weight is 364 g/mol. The maximum atomic E-state index is 12.2. The lowest BCUT2D eigenvalue weighted by molar-refractivity contribution is -0.120. The summed E-state index contributed by atoms with van der Waals surface area (Å²) in [6, 6.07) is 17.9. The number of ether oxygens (including phenoxy) is 2. The molecule has 1 N–H and O–H groups in total. The monoisotopic (exact) mass is 364 g/mol. The van der Waals surface area contributed by atoms with E-state index in [1.54, 1.807) is 0 Å². The van der Waals surface area contributed by atoms with Crippen molar-refractivity contribution >= 4 is 17.7 Å². The van der Waals surface area contributed by atoms with Crippen LogP contribution in [0.4, 0.5) is 0 Å². The van der Waals surface area contributed by atoms with Gasteiger partial charge in [0, 0.05) is 18.1 Å². The van der Waals surface area contributed by atoms with Crippen LogP contribution in [0, 0.1) is 11.3 Å². The second-order valence-electron chi connectivity index (χ2n) is 6.05. The molecule has 2 aromatic rings. The molecule has 2 aliphatic heterocycles. The van der Waals surface area contributed by atoms with Gasteiger partial charge in [0.1, 0.15) is 0 Å². The number of thioether (sulfide) groups is 1. The summed E-state index contributed by atoms with van der Waals surface area (Å²) in [5.74, 6) is 1.68. The first-order valence-corrected chi connectivity index (χ1v) is 9.23.